The number of hydrogen-bond donors (Lipinski definition) is 3. The van der Waals surface area contributed by atoms with Crippen molar-refractivity contribution in [2.24, 2.45) is 0 Å². The second-order valence-electron chi connectivity index (χ2n) is 4.92. The third-order valence-electron chi connectivity index (χ3n) is 3.17. The van der Waals surface area contributed by atoms with Crippen molar-refractivity contribution < 1.29 is 23.1 Å². The van der Waals surface area contributed by atoms with E-state index in [0.717, 1.165) is 5.56 Å². The lowest BCUT2D eigenvalue weighted by molar-refractivity contribution is -0.141. The lowest BCUT2D eigenvalue weighted by Gasteiger charge is -2.09. The number of rotatable bonds is 4. The van der Waals surface area contributed by atoms with E-state index in [2.05, 4.69) is 15.5 Å². The molecule has 1 aromatic carbocycles. The smallest absolute Gasteiger partial charge is 0.435 e. The van der Waals surface area contributed by atoms with Crippen LogP contribution in [0.3, 0.4) is 0 Å². The molecule has 118 valence electrons. The number of aromatic amines is 1. The number of aromatic nitrogens is 2. The number of alkyl halides is 3. The average molecular weight is 313 g/mol. The van der Waals surface area contributed by atoms with Crippen LogP contribution in [0.25, 0.3) is 0 Å². The summed E-state index contributed by atoms with van der Waals surface area (Å²) in [6.07, 6.45) is -4.50. The summed E-state index contributed by atoms with van der Waals surface area (Å²) in [4.78, 5) is 11.0. The van der Waals surface area contributed by atoms with Crippen LogP contribution in [0.4, 0.5) is 18.9 Å². The van der Waals surface area contributed by atoms with E-state index in [1.807, 2.05) is 0 Å². The van der Waals surface area contributed by atoms with Crippen LogP contribution in [0.5, 0.6) is 0 Å². The number of halogens is 3. The molecule has 0 aliphatic heterocycles. The van der Waals surface area contributed by atoms with E-state index in [-0.39, 0.29) is 17.7 Å². The van der Waals surface area contributed by atoms with Gasteiger partial charge in [-0.15, -0.1) is 0 Å². The molecule has 0 aliphatic rings. The molecule has 0 atom stereocenters. The molecule has 0 aliphatic carbocycles. The van der Waals surface area contributed by atoms with Crippen LogP contribution >= 0.6 is 0 Å². The van der Waals surface area contributed by atoms with Crippen LogP contribution in [-0.4, -0.2) is 21.3 Å². The van der Waals surface area contributed by atoms with Gasteiger partial charge in [-0.1, -0.05) is 0 Å². The Morgan fingerprint density at radius 1 is 1.32 bits per heavy atom. The summed E-state index contributed by atoms with van der Waals surface area (Å²) in [5.74, 6) is -1.07. The minimum atomic E-state index is -4.50. The van der Waals surface area contributed by atoms with E-state index in [4.69, 9.17) is 5.11 Å². The van der Waals surface area contributed by atoms with Gasteiger partial charge >= 0.3 is 12.1 Å². The van der Waals surface area contributed by atoms with Gasteiger partial charge in [-0.25, -0.2) is 4.79 Å². The molecule has 2 rings (SSSR count). The molecule has 0 saturated heterocycles. The molecule has 0 saturated carbocycles. The Hall–Kier alpha value is -2.51. The second kappa shape index (κ2) is 5.70. The highest BCUT2D eigenvalue weighted by Crippen LogP contribution is 2.31. The summed E-state index contributed by atoms with van der Waals surface area (Å²) in [5, 5.41) is 17.5. The van der Waals surface area contributed by atoms with Gasteiger partial charge in [0.1, 0.15) is 0 Å². The number of H-pyrrole nitrogens is 1. The van der Waals surface area contributed by atoms with Gasteiger partial charge in [0.05, 0.1) is 17.8 Å². The van der Waals surface area contributed by atoms with E-state index < -0.39 is 17.8 Å². The van der Waals surface area contributed by atoms with Crippen LogP contribution < -0.4 is 5.32 Å². The molecular weight excluding hydrogens is 299 g/mol. The number of carboxylic acid groups (broad SMARTS) is 1. The lowest BCUT2D eigenvalue weighted by Crippen LogP contribution is -2.08. The zero-order chi connectivity index (χ0) is 16.5. The molecule has 0 fully saturated rings. The number of benzene rings is 1. The number of nitrogens with zero attached hydrogens (tertiary/aromatic N) is 1. The molecule has 0 bridgehead atoms. The Balaban J connectivity index is 2.17. The summed E-state index contributed by atoms with van der Waals surface area (Å²) in [6.45, 7) is 3.15. The van der Waals surface area contributed by atoms with Gasteiger partial charge in [-0.05, 0) is 37.6 Å². The van der Waals surface area contributed by atoms with Crippen LogP contribution in [0.2, 0.25) is 0 Å². The molecule has 1 aromatic heterocycles. The third-order valence-corrected chi connectivity index (χ3v) is 3.17. The Labute approximate surface area is 124 Å². The van der Waals surface area contributed by atoms with Crippen molar-refractivity contribution in [3.63, 3.8) is 0 Å². The fourth-order valence-electron chi connectivity index (χ4n) is 2.08. The Kier molecular flexibility index (Phi) is 4.11. The number of aromatic carboxylic acids is 1. The number of carbonyl (C=O) groups is 1. The first-order chi connectivity index (χ1) is 10.2. The number of carboxylic acids is 1. The molecular formula is C14H14F3N3O2. The maximum atomic E-state index is 12.7. The van der Waals surface area contributed by atoms with Crippen molar-refractivity contribution in [1.29, 1.82) is 0 Å². The molecule has 3 N–H and O–H groups in total. The molecule has 0 amide bonds. The van der Waals surface area contributed by atoms with E-state index in [1.54, 1.807) is 13.0 Å². The molecule has 0 radical (unpaired) electrons. The maximum Gasteiger partial charge on any atom is 0.435 e. The van der Waals surface area contributed by atoms with Crippen LogP contribution in [0.1, 0.15) is 32.9 Å². The molecule has 0 unspecified atom stereocenters. The van der Waals surface area contributed by atoms with Crippen molar-refractivity contribution in [2.45, 2.75) is 26.6 Å². The van der Waals surface area contributed by atoms with Gasteiger partial charge < -0.3 is 10.4 Å². The zero-order valence-corrected chi connectivity index (χ0v) is 11.9. The summed E-state index contributed by atoms with van der Waals surface area (Å²) in [6, 6.07) is 4.64. The average Bonchev–Trinajstić information content (AvgIpc) is 2.77. The highest BCUT2D eigenvalue weighted by molar-refractivity contribution is 5.89. The monoisotopic (exact) mass is 313 g/mol. The van der Waals surface area contributed by atoms with Gasteiger partial charge in [0.25, 0.3) is 0 Å². The molecule has 2 aromatic rings. The van der Waals surface area contributed by atoms with Gasteiger partial charge in [0.2, 0.25) is 0 Å². The fourth-order valence-corrected chi connectivity index (χ4v) is 2.08. The highest BCUT2D eigenvalue weighted by Gasteiger charge is 2.36. The van der Waals surface area contributed by atoms with Gasteiger partial charge in [-0.3, -0.25) is 5.10 Å². The number of hydrogen-bond acceptors (Lipinski definition) is 3. The quantitative estimate of drug-likeness (QED) is 0.809. The highest BCUT2D eigenvalue weighted by atomic mass is 19.4. The fraction of sp³-hybridized carbons (Fsp3) is 0.286. The molecule has 8 heteroatoms. The summed E-state index contributed by atoms with van der Waals surface area (Å²) < 4.78 is 38.0. The number of aryl methyl sites for hydroxylation is 1. The first-order valence-electron chi connectivity index (χ1n) is 6.38. The predicted molar refractivity (Wildman–Crippen MR) is 73.8 cm³/mol. The van der Waals surface area contributed by atoms with Gasteiger partial charge in [0, 0.05) is 11.3 Å². The first-order valence-corrected chi connectivity index (χ1v) is 6.38. The zero-order valence-electron chi connectivity index (χ0n) is 11.9. The topological polar surface area (TPSA) is 78.0 Å². The largest absolute Gasteiger partial charge is 0.478 e. The standard InChI is InChI=1S/C14H14F3N3O2/c1-7-3-9(13(21)22)5-10(4-7)18-6-11-8(2)12(20-19-11)14(15,16)17/h3-5,18H,6H2,1-2H3,(H,19,20)(H,21,22). The SMILES string of the molecule is Cc1cc(NCc2[nH]nc(C(F)(F)F)c2C)cc(C(=O)O)c1. The molecule has 5 nitrogen and oxygen atoms in total. The van der Waals surface area contributed by atoms with Crippen molar-refractivity contribution in [1.82, 2.24) is 10.2 Å². The number of anilines is 1. The minimum absolute atomic E-state index is 0.0195. The molecule has 22 heavy (non-hydrogen) atoms. The first kappa shape index (κ1) is 15.9. The molecule has 0 spiro atoms. The third kappa shape index (κ3) is 3.38. The van der Waals surface area contributed by atoms with E-state index in [0.29, 0.717) is 11.4 Å². The maximum absolute atomic E-state index is 12.7. The summed E-state index contributed by atoms with van der Waals surface area (Å²) in [7, 11) is 0. The van der Waals surface area contributed by atoms with Crippen molar-refractivity contribution in [3.05, 3.63) is 46.3 Å². The van der Waals surface area contributed by atoms with Gasteiger partial charge in [-0.2, -0.15) is 18.3 Å². The normalized spacial score (nSPS) is 11.5. The predicted octanol–water partition coefficient (Wildman–Crippen LogP) is 3.36. The van der Waals surface area contributed by atoms with Crippen LogP contribution in [-0.2, 0) is 12.7 Å². The lowest BCUT2D eigenvalue weighted by atomic mass is 10.1. The Bertz CT molecular complexity index is 708. The van der Waals surface area contributed by atoms with Crippen molar-refractivity contribution in [3.8, 4) is 0 Å². The minimum Gasteiger partial charge on any atom is -0.478 e. The second-order valence-corrected chi connectivity index (χ2v) is 4.92. The van der Waals surface area contributed by atoms with Crippen LogP contribution in [0, 0.1) is 13.8 Å². The van der Waals surface area contributed by atoms with E-state index in [1.165, 1.54) is 19.1 Å². The Morgan fingerprint density at radius 2 is 2.00 bits per heavy atom. The van der Waals surface area contributed by atoms with Gasteiger partial charge in [0.15, 0.2) is 5.69 Å². The summed E-state index contributed by atoms with van der Waals surface area (Å²) >= 11 is 0. The van der Waals surface area contributed by atoms with Crippen LogP contribution in [0.15, 0.2) is 18.2 Å². The van der Waals surface area contributed by atoms with Crippen molar-refractivity contribution in [2.75, 3.05) is 5.32 Å². The van der Waals surface area contributed by atoms with E-state index >= 15 is 0 Å². The van der Waals surface area contributed by atoms with Crippen molar-refractivity contribution >= 4 is 11.7 Å². The summed E-state index contributed by atoms with van der Waals surface area (Å²) in [5.41, 5.74) is 0.732. The number of nitrogens with one attached hydrogen (secondary N) is 2. The Morgan fingerprint density at radius 3 is 2.55 bits per heavy atom. The van der Waals surface area contributed by atoms with E-state index in [9.17, 15) is 18.0 Å². The molecule has 1 heterocycles.